The van der Waals surface area contributed by atoms with Gasteiger partial charge < -0.3 is 10.2 Å². The zero-order valence-electron chi connectivity index (χ0n) is 13.3. The molecule has 1 heterocycles. The van der Waals surface area contributed by atoms with Crippen LogP contribution in [0.2, 0.25) is 0 Å². The highest BCUT2D eigenvalue weighted by Crippen LogP contribution is 2.19. The number of rotatable bonds is 5. The lowest BCUT2D eigenvalue weighted by Crippen LogP contribution is -2.40. The molecule has 1 N–H and O–H groups in total. The van der Waals surface area contributed by atoms with Gasteiger partial charge in [-0.05, 0) is 51.3 Å². The van der Waals surface area contributed by atoms with Crippen LogP contribution in [0.4, 0.5) is 0 Å². The van der Waals surface area contributed by atoms with Crippen molar-refractivity contribution in [2.45, 2.75) is 45.6 Å². The molecule has 1 unspecified atom stereocenters. The molecule has 4 heteroatoms. The van der Waals surface area contributed by atoms with E-state index < -0.39 is 0 Å². The third-order valence-electron chi connectivity index (χ3n) is 4.24. The normalized spacial score (nSPS) is 17.7. The van der Waals surface area contributed by atoms with Crippen LogP contribution in [0, 0.1) is 13.8 Å². The zero-order valence-corrected chi connectivity index (χ0v) is 14.1. The van der Waals surface area contributed by atoms with Crippen LogP contribution in [0.3, 0.4) is 0 Å². The van der Waals surface area contributed by atoms with Crippen molar-refractivity contribution in [1.29, 1.82) is 0 Å². The number of nitrogens with one attached hydrogen (secondary N) is 1. The van der Waals surface area contributed by atoms with Crippen LogP contribution >= 0.6 is 12.4 Å². The average Bonchev–Trinajstić information content (AvgIpc) is 2.86. The number of carbonyl (C=O) groups excluding carboxylic acids is 1. The maximum atomic E-state index is 12.4. The number of likely N-dealkylation sites (tertiary alicyclic amines) is 1. The standard InChI is InChI=1S/C17H26N2O.ClH/c1-13-6-7-15(14(2)11-13)8-9-17(20)19-10-4-5-16(19)12-18-3;/h6-7,11,16,18H,4-5,8-10,12H2,1-3H3;1H. The molecular formula is C17H27ClN2O. The van der Waals surface area contributed by atoms with E-state index in [4.69, 9.17) is 0 Å². The van der Waals surface area contributed by atoms with Gasteiger partial charge in [-0.15, -0.1) is 12.4 Å². The second kappa shape index (κ2) is 8.40. The Kier molecular flexibility index (Phi) is 7.20. The van der Waals surface area contributed by atoms with E-state index in [1.165, 1.54) is 16.7 Å². The second-order valence-electron chi connectivity index (χ2n) is 5.87. The Morgan fingerprint density at radius 3 is 2.81 bits per heavy atom. The van der Waals surface area contributed by atoms with Crippen molar-refractivity contribution < 1.29 is 4.79 Å². The summed E-state index contributed by atoms with van der Waals surface area (Å²) >= 11 is 0. The minimum Gasteiger partial charge on any atom is -0.338 e. The Morgan fingerprint density at radius 2 is 2.14 bits per heavy atom. The van der Waals surface area contributed by atoms with Crippen molar-refractivity contribution in [3.8, 4) is 0 Å². The highest BCUT2D eigenvalue weighted by Gasteiger charge is 2.27. The van der Waals surface area contributed by atoms with E-state index in [-0.39, 0.29) is 12.4 Å². The molecule has 1 saturated heterocycles. The number of carbonyl (C=O) groups is 1. The fourth-order valence-corrected chi connectivity index (χ4v) is 3.12. The van der Waals surface area contributed by atoms with Gasteiger partial charge in [0.2, 0.25) is 5.91 Å². The van der Waals surface area contributed by atoms with Crippen molar-refractivity contribution >= 4 is 18.3 Å². The predicted molar refractivity (Wildman–Crippen MR) is 90.1 cm³/mol. The summed E-state index contributed by atoms with van der Waals surface area (Å²) in [6, 6.07) is 6.88. The van der Waals surface area contributed by atoms with E-state index in [0.29, 0.717) is 18.4 Å². The Morgan fingerprint density at radius 1 is 1.38 bits per heavy atom. The topological polar surface area (TPSA) is 32.3 Å². The van der Waals surface area contributed by atoms with E-state index in [1.807, 2.05) is 7.05 Å². The molecule has 118 valence electrons. The van der Waals surface area contributed by atoms with Gasteiger partial charge in [0.15, 0.2) is 0 Å². The summed E-state index contributed by atoms with van der Waals surface area (Å²) in [5, 5.41) is 3.19. The average molecular weight is 311 g/mol. The Balaban J connectivity index is 0.00000220. The molecule has 21 heavy (non-hydrogen) atoms. The number of halogens is 1. The lowest BCUT2D eigenvalue weighted by Gasteiger charge is -2.24. The molecule has 1 atom stereocenters. The molecule has 1 fully saturated rings. The summed E-state index contributed by atoms with van der Waals surface area (Å²) in [5.41, 5.74) is 3.88. The molecule has 0 aliphatic carbocycles. The molecule has 0 saturated carbocycles. The van der Waals surface area contributed by atoms with Gasteiger partial charge in [-0.2, -0.15) is 0 Å². The molecule has 1 aromatic rings. The number of hydrogen-bond donors (Lipinski definition) is 1. The van der Waals surface area contributed by atoms with Gasteiger partial charge in [-0.3, -0.25) is 4.79 Å². The van der Waals surface area contributed by atoms with Gasteiger partial charge in [0.05, 0.1) is 0 Å². The third-order valence-corrected chi connectivity index (χ3v) is 4.24. The Bertz CT molecular complexity index is 476. The largest absolute Gasteiger partial charge is 0.338 e. The van der Waals surface area contributed by atoms with E-state index in [1.54, 1.807) is 0 Å². The first-order valence-electron chi connectivity index (χ1n) is 7.62. The predicted octanol–water partition coefficient (Wildman–Crippen LogP) is 2.87. The van der Waals surface area contributed by atoms with Crippen molar-refractivity contribution in [2.75, 3.05) is 20.1 Å². The summed E-state index contributed by atoms with van der Waals surface area (Å²) in [7, 11) is 1.95. The van der Waals surface area contributed by atoms with E-state index in [9.17, 15) is 4.79 Å². The third kappa shape index (κ3) is 4.72. The molecule has 0 spiro atoms. The van der Waals surface area contributed by atoms with Crippen molar-refractivity contribution in [3.63, 3.8) is 0 Å². The van der Waals surface area contributed by atoms with Gasteiger partial charge >= 0.3 is 0 Å². The van der Waals surface area contributed by atoms with Crippen molar-refractivity contribution in [1.82, 2.24) is 10.2 Å². The minimum atomic E-state index is 0. The molecule has 1 aliphatic heterocycles. The fourth-order valence-electron chi connectivity index (χ4n) is 3.12. The van der Waals surface area contributed by atoms with Crippen LogP contribution in [0.5, 0.6) is 0 Å². The lowest BCUT2D eigenvalue weighted by molar-refractivity contribution is -0.131. The lowest BCUT2D eigenvalue weighted by atomic mass is 10.0. The van der Waals surface area contributed by atoms with Gasteiger partial charge in [0.25, 0.3) is 0 Å². The summed E-state index contributed by atoms with van der Waals surface area (Å²) in [5.74, 6) is 0.308. The number of amides is 1. The van der Waals surface area contributed by atoms with Gasteiger partial charge in [0, 0.05) is 25.6 Å². The smallest absolute Gasteiger partial charge is 0.223 e. The maximum absolute atomic E-state index is 12.4. The molecule has 0 bridgehead atoms. The summed E-state index contributed by atoms with van der Waals surface area (Å²) in [4.78, 5) is 14.4. The first-order chi connectivity index (χ1) is 9.61. The summed E-state index contributed by atoms with van der Waals surface area (Å²) in [6.45, 7) is 6.08. The molecule has 1 aliphatic rings. The molecule has 1 amide bonds. The van der Waals surface area contributed by atoms with E-state index >= 15 is 0 Å². The molecular weight excluding hydrogens is 284 g/mol. The first-order valence-corrected chi connectivity index (χ1v) is 7.62. The number of likely N-dealkylation sites (N-methyl/N-ethyl adjacent to an activating group) is 1. The van der Waals surface area contributed by atoms with Crippen LogP contribution in [-0.4, -0.2) is 37.0 Å². The van der Waals surface area contributed by atoms with Crippen LogP contribution < -0.4 is 5.32 Å². The van der Waals surface area contributed by atoms with Crippen molar-refractivity contribution in [2.24, 2.45) is 0 Å². The van der Waals surface area contributed by atoms with Gasteiger partial charge in [0.1, 0.15) is 0 Å². The Hall–Kier alpha value is -1.06. The number of nitrogens with zero attached hydrogens (tertiary/aromatic N) is 1. The quantitative estimate of drug-likeness (QED) is 0.907. The molecule has 1 aromatic carbocycles. The molecule has 0 radical (unpaired) electrons. The highest BCUT2D eigenvalue weighted by atomic mass is 35.5. The molecule has 3 nitrogen and oxygen atoms in total. The zero-order chi connectivity index (χ0) is 14.5. The summed E-state index contributed by atoms with van der Waals surface area (Å²) in [6.07, 6.45) is 3.76. The minimum absolute atomic E-state index is 0. The second-order valence-corrected chi connectivity index (χ2v) is 5.87. The monoisotopic (exact) mass is 310 g/mol. The van der Waals surface area contributed by atoms with Crippen LogP contribution in [0.1, 0.15) is 36.0 Å². The number of aryl methyl sites for hydroxylation is 3. The van der Waals surface area contributed by atoms with Crippen molar-refractivity contribution in [3.05, 3.63) is 34.9 Å². The number of hydrogen-bond acceptors (Lipinski definition) is 2. The molecule has 0 aromatic heterocycles. The van der Waals surface area contributed by atoms with Gasteiger partial charge in [-0.25, -0.2) is 0 Å². The van der Waals surface area contributed by atoms with Gasteiger partial charge in [-0.1, -0.05) is 23.8 Å². The van der Waals surface area contributed by atoms with E-state index in [2.05, 4.69) is 42.3 Å². The van der Waals surface area contributed by atoms with Crippen LogP contribution in [0.25, 0.3) is 0 Å². The fraction of sp³-hybridized carbons (Fsp3) is 0.588. The SMILES string of the molecule is CNCC1CCCN1C(=O)CCc1ccc(C)cc1C.Cl. The first kappa shape index (κ1) is 18.0. The maximum Gasteiger partial charge on any atom is 0.223 e. The highest BCUT2D eigenvalue weighted by molar-refractivity contribution is 5.85. The van der Waals surface area contributed by atoms with Crippen LogP contribution in [-0.2, 0) is 11.2 Å². The number of benzene rings is 1. The summed E-state index contributed by atoms with van der Waals surface area (Å²) < 4.78 is 0. The molecule has 2 rings (SSSR count). The van der Waals surface area contributed by atoms with Crippen LogP contribution in [0.15, 0.2) is 18.2 Å². The Labute approximate surface area is 134 Å². The van der Waals surface area contributed by atoms with E-state index in [0.717, 1.165) is 32.4 Å².